The highest BCUT2D eigenvalue weighted by molar-refractivity contribution is 5.94. The van der Waals surface area contributed by atoms with Gasteiger partial charge >= 0.3 is 5.97 Å². The standard InChI is InChI=1S/C16H21NO4/c1-3-5-13(11-15(18)19)17-16(20)12-6-8-14(9-7-12)21-10-4-2/h4,6-9,13H,2-3,5,10-11H2,1H3,(H,17,20)(H,18,19). The van der Waals surface area contributed by atoms with Crippen LogP contribution >= 0.6 is 0 Å². The number of carboxylic acid groups (broad SMARTS) is 1. The summed E-state index contributed by atoms with van der Waals surface area (Å²) in [5.74, 6) is -0.533. The van der Waals surface area contributed by atoms with Gasteiger partial charge in [0.25, 0.3) is 5.91 Å². The molecule has 0 heterocycles. The van der Waals surface area contributed by atoms with Crippen LogP contribution < -0.4 is 10.1 Å². The van der Waals surface area contributed by atoms with Gasteiger partial charge in [0.1, 0.15) is 12.4 Å². The summed E-state index contributed by atoms with van der Waals surface area (Å²) in [6.45, 7) is 5.91. The normalized spacial score (nSPS) is 11.5. The number of carboxylic acids is 1. The van der Waals surface area contributed by atoms with Gasteiger partial charge in [0, 0.05) is 11.6 Å². The lowest BCUT2D eigenvalue weighted by atomic mass is 10.1. The van der Waals surface area contributed by atoms with Crippen LogP contribution in [0.2, 0.25) is 0 Å². The van der Waals surface area contributed by atoms with Gasteiger partial charge in [-0.1, -0.05) is 26.0 Å². The molecule has 114 valence electrons. The number of amides is 1. The summed E-state index contributed by atoms with van der Waals surface area (Å²) in [5, 5.41) is 11.6. The Morgan fingerprint density at radius 1 is 1.38 bits per heavy atom. The third-order valence-corrected chi connectivity index (χ3v) is 2.88. The number of carbonyl (C=O) groups excluding carboxylic acids is 1. The molecular weight excluding hydrogens is 270 g/mol. The first-order valence-electron chi connectivity index (χ1n) is 6.93. The van der Waals surface area contributed by atoms with Crippen molar-refractivity contribution in [2.24, 2.45) is 0 Å². The molecule has 5 nitrogen and oxygen atoms in total. The smallest absolute Gasteiger partial charge is 0.305 e. The second kappa shape index (κ2) is 8.79. The Morgan fingerprint density at radius 2 is 2.05 bits per heavy atom. The van der Waals surface area contributed by atoms with E-state index in [1.165, 1.54) is 0 Å². The first-order valence-corrected chi connectivity index (χ1v) is 6.93. The lowest BCUT2D eigenvalue weighted by Crippen LogP contribution is -2.36. The van der Waals surface area contributed by atoms with Crippen molar-refractivity contribution in [3.63, 3.8) is 0 Å². The van der Waals surface area contributed by atoms with E-state index in [0.29, 0.717) is 24.3 Å². The average molecular weight is 291 g/mol. The van der Waals surface area contributed by atoms with Crippen molar-refractivity contribution in [2.45, 2.75) is 32.2 Å². The zero-order valence-electron chi connectivity index (χ0n) is 12.2. The molecule has 0 spiro atoms. The van der Waals surface area contributed by atoms with Gasteiger partial charge in [0.15, 0.2) is 0 Å². The van der Waals surface area contributed by atoms with Crippen LogP contribution in [-0.2, 0) is 4.79 Å². The second-order valence-corrected chi connectivity index (χ2v) is 4.68. The van der Waals surface area contributed by atoms with Crippen molar-refractivity contribution in [2.75, 3.05) is 6.61 Å². The molecule has 1 amide bonds. The Balaban J connectivity index is 2.64. The van der Waals surface area contributed by atoms with Gasteiger partial charge in [-0.2, -0.15) is 0 Å². The molecule has 0 radical (unpaired) electrons. The molecule has 0 aliphatic rings. The van der Waals surface area contributed by atoms with Crippen molar-refractivity contribution in [3.05, 3.63) is 42.5 Å². The van der Waals surface area contributed by atoms with Crippen LogP contribution in [0.3, 0.4) is 0 Å². The molecule has 2 N–H and O–H groups in total. The van der Waals surface area contributed by atoms with E-state index < -0.39 is 5.97 Å². The molecule has 1 rings (SSSR count). The number of ether oxygens (including phenoxy) is 1. The molecule has 1 unspecified atom stereocenters. The van der Waals surface area contributed by atoms with Crippen LogP contribution in [0.1, 0.15) is 36.5 Å². The first kappa shape index (κ1) is 16.8. The van der Waals surface area contributed by atoms with Gasteiger partial charge in [-0.05, 0) is 30.7 Å². The van der Waals surface area contributed by atoms with E-state index in [4.69, 9.17) is 9.84 Å². The molecule has 0 aromatic heterocycles. The molecule has 0 saturated carbocycles. The van der Waals surface area contributed by atoms with Crippen LogP contribution in [0.5, 0.6) is 5.75 Å². The van der Waals surface area contributed by atoms with Gasteiger partial charge in [-0.25, -0.2) is 0 Å². The van der Waals surface area contributed by atoms with Crippen LogP contribution in [0.4, 0.5) is 0 Å². The largest absolute Gasteiger partial charge is 0.490 e. The van der Waals surface area contributed by atoms with Crippen molar-refractivity contribution in [3.8, 4) is 5.75 Å². The predicted molar refractivity (Wildman–Crippen MR) is 80.5 cm³/mol. The van der Waals surface area contributed by atoms with Crippen molar-refractivity contribution >= 4 is 11.9 Å². The first-order chi connectivity index (χ1) is 10.1. The van der Waals surface area contributed by atoms with E-state index in [-0.39, 0.29) is 18.4 Å². The van der Waals surface area contributed by atoms with E-state index in [0.717, 1.165) is 6.42 Å². The third-order valence-electron chi connectivity index (χ3n) is 2.88. The fraction of sp³-hybridized carbons (Fsp3) is 0.375. The predicted octanol–water partition coefficient (Wildman–Crippen LogP) is 2.62. The van der Waals surface area contributed by atoms with Crippen LogP contribution in [0, 0.1) is 0 Å². The van der Waals surface area contributed by atoms with E-state index in [1.54, 1.807) is 30.3 Å². The highest BCUT2D eigenvalue weighted by Crippen LogP contribution is 2.13. The quantitative estimate of drug-likeness (QED) is 0.686. The highest BCUT2D eigenvalue weighted by Gasteiger charge is 2.16. The van der Waals surface area contributed by atoms with Gasteiger partial charge in [-0.3, -0.25) is 9.59 Å². The number of hydrogen-bond acceptors (Lipinski definition) is 3. The summed E-state index contributed by atoms with van der Waals surface area (Å²) in [6.07, 6.45) is 3.02. The molecule has 1 aromatic rings. The van der Waals surface area contributed by atoms with Gasteiger partial charge in [-0.15, -0.1) is 0 Å². The van der Waals surface area contributed by atoms with Crippen molar-refractivity contribution in [1.82, 2.24) is 5.32 Å². The Bertz CT molecular complexity index is 482. The number of aliphatic carboxylic acids is 1. The van der Waals surface area contributed by atoms with Crippen molar-refractivity contribution < 1.29 is 19.4 Å². The SMILES string of the molecule is C=CCOc1ccc(C(=O)NC(CCC)CC(=O)O)cc1. The molecular formula is C16H21NO4. The minimum atomic E-state index is -0.915. The maximum absolute atomic E-state index is 12.1. The minimum Gasteiger partial charge on any atom is -0.490 e. The summed E-state index contributed by atoms with van der Waals surface area (Å²) in [6, 6.07) is 6.35. The lowest BCUT2D eigenvalue weighted by Gasteiger charge is -2.16. The van der Waals surface area contributed by atoms with E-state index >= 15 is 0 Å². The zero-order chi connectivity index (χ0) is 15.7. The molecule has 0 bridgehead atoms. The molecule has 0 fully saturated rings. The molecule has 5 heteroatoms. The number of benzene rings is 1. The van der Waals surface area contributed by atoms with Gasteiger partial charge in [0.2, 0.25) is 0 Å². The highest BCUT2D eigenvalue weighted by atomic mass is 16.5. The monoisotopic (exact) mass is 291 g/mol. The van der Waals surface area contributed by atoms with Gasteiger partial charge in [0.05, 0.1) is 6.42 Å². The minimum absolute atomic E-state index is 0.0693. The van der Waals surface area contributed by atoms with Crippen LogP contribution in [0.15, 0.2) is 36.9 Å². The maximum Gasteiger partial charge on any atom is 0.305 e. The Kier molecular flexibility index (Phi) is 7.01. The molecule has 21 heavy (non-hydrogen) atoms. The average Bonchev–Trinajstić information content (AvgIpc) is 2.45. The fourth-order valence-electron chi connectivity index (χ4n) is 1.91. The topological polar surface area (TPSA) is 75.6 Å². The molecule has 0 aliphatic heterocycles. The van der Waals surface area contributed by atoms with E-state index in [2.05, 4.69) is 11.9 Å². The van der Waals surface area contributed by atoms with Crippen LogP contribution in [-0.4, -0.2) is 29.6 Å². The number of carbonyl (C=O) groups is 2. The summed E-state index contributed by atoms with van der Waals surface area (Å²) in [4.78, 5) is 22.8. The summed E-state index contributed by atoms with van der Waals surface area (Å²) in [7, 11) is 0. The molecule has 1 atom stereocenters. The number of rotatable bonds is 9. The Hall–Kier alpha value is -2.30. The number of hydrogen-bond donors (Lipinski definition) is 2. The number of nitrogens with one attached hydrogen (secondary N) is 1. The fourth-order valence-corrected chi connectivity index (χ4v) is 1.91. The Morgan fingerprint density at radius 3 is 2.57 bits per heavy atom. The second-order valence-electron chi connectivity index (χ2n) is 4.68. The maximum atomic E-state index is 12.1. The molecule has 0 saturated heterocycles. The summed E-state index contributed by atoms with van der Waals surface area (Å²) >= 11 is 0. The van der Waals surface area contributed by atoms with Crippen molar-refractivity contribution in [1.29, 1.82) is 0 Å². The van der Waals surface area contributed by atoms with E-state index in [1.807, 2.05) is 6.92 Å². The van der Waals surface area contributed by atoms with Gasteiger partial charge < -0.3 is 15.2 Å². The summed E-state index contributed by atoms with van der Waals surface area (Å²) in [5.41, 5.74) is 0.479. The van der Waals surface area contributed by atoms with E-state index in [9.17, 15) is 9.59 Å². The zero-order valence-corrected chi connectivity index (χ0v) is 12.2. The molecule has 0 aliphatic carbocycles. The van der Waals surface area contributed by atoms with Crippen LogP contribution in [0.25, 0.3) is 0 Å². The Labute approximate surface area is 124 Å². The summed E-state index contributed by atoms with van der Waals surface area (Å²) < 4.78 is 5.33. The molecule has 1 aromatic carbocycles. The lowest BCUT2D eigenvalue weighted by molar-refractivity contribution is -0.137. The third kappa shape index (κ3) is 6.12.